The van der Waals surface area contributed by atoms with Crippen LogP contribution in [0.1, 0.15) is 11.5 Å². The average Bonchev–Trinajstić information content (AvgIpc) is 3.11. The minimum atomic E-state index is -0.953. The Balaban J connectivity index is 1.88. The highest BCUT2D eigenvalue weighted by Gasteiger charge is 2.40. The lowest BCUT2D eigenvalue weighted by atomic mass is 9.89. The molecule has 0 bridgehead atoms. The van der Waals surface area contributed by atoms with Crippen LogP contribution in [0.4, 0.5) is 0 Å². The second-order valence-electron chi connectivity index (χ2n) is 5.12. The summed E-state index contributed by atoms with van der Waals surface area (Å²) < 4.78 is 10.5. The van der Waals surface area contributed by atoms with Crippen molar-refractivity contribution < 1.29 is 29.3 Å². The molecule has 21 heavy (non-hydrogen) atoms. The van der Waals surface area contributed by atoms with Gasteiger partial charge in [-0.3, -0.25) is 9.59 Å². The quantitative estimate of drug-likeness (QED) is 0.816. The fourth-order valence-corrected chi connectivity index (χ4v) is 2.84. The Hall–Kier alpha value is -2.28. The fraction of sp³-hybridized carbons (Fsp3) is 0.429. The largest absolute Gasteiger partial charge is 0.481 e. The molecule has 7 heteroatoms. The molecular formula is C14H15NO6. The number of amides is 1. The maximum atomic E-state index is 11.6. The van der Waals surface area contributed by atoms with E-state index in [0.29, 0.717) is 11.5 Å². The van der Waals surface area contributed by atoms with Gasteiger partial charge in [-0.15, -0.1) is 0 Å². The van der Waals surface area contributed by atoms with Crippen molar-refractivity contribution in [3.05, 3.63) is 23.8 Å². The van der Waals surface area contributed by atoms with Gasteiger partial charge < -0.3 is 24.6 Å². The molecule has 1 aromatic rings. The fourth-order valence-electron chi connectivity index (χ4n) is 2.84. The number of likely N-dealkylation sites (tertiary alicyclic amines) is 1. The highest BCUT2D eigenvalue weighted by atomic mass is 16.7. The molecule has 1 saturated heterocycles. The summed E-state index contributed by atoms with van der Waals surface area (Å²) in [6.07, 6.45) is 0. The Morgan fingerprint density at radius 2 is 2.00 bits per heavy atom. The number of fused-ring (bicyclic) bond motifs is 1. The number of nitrogens with zero attached hydrogens (tertiary/aromatic N) is 1. The van der Waals surface area contributed by atoms with Crippen molar-refractivity contribution in [2.45, 2.75) is 5.92 Å². The standard InChI is InChI=1S/C14H15NO6/c16-6-13(17)15-4-9(10(5-15)14(18)19)8-1-2-11-12(3-8)21-7-20-11/h1-3,9-10,16H,4-7H2,(H,18,19)/t9-,10+/m0/s1. The number of hydrogen-bond donors (Lipinski definition) is 2. The number of ether oxygens (including phenoxy) is 2. The van der Waals surface area contributed by atoms with Crippen molar-refractivity contribution in [1.29, 1.82) is 0 Å². The molecule has 0 radical (unpaired) electrons. The van der Waals surface area contributed by atoms with E-state index in [1.54, 1.807) is 18.2 Å². The highest BCUT2D eigenvalue weighted by Crippen LogP contribution is 2.39. The van der Waals surface area contributed by atoms with Gasteiger partial charge in [0.2, 0.25) is 12.7 Å². The molecular weight excluding hydrogens is 278 g/mol. The number of carbonyl (C=O) groups excluding carboxylic acids is 1. The second kappa shape index (κ2) is 5.25. The van der Waals surface area contributed by atoms with Crippen LogP contribution in [0.3, 0.4) is 0 Å². The number of aliphatic hydroxyl groups is 1. The molecule has 0 aliphatic carbocycles. The third kappa shape index (κ3) is 2.40. The normalized spacial score (nSPS) is 23.4. The van der Waals surface area contributed by atoms with E-state index in [-0.39, 0.29) is 25.8 Å². The van der Waals surface area contributed by atoms with Crippen LogP contribution >= 0.6 is 0 Å². The number of carboxylic acid groups (broad SMARTS) is 1. The molecule has 2 aliphatic rings. The van der Waals surface area contributed by atoms with E-state index in [4.69, 9.17) is 14.6 Å². The van der Waals surface area contributed by atoms with E-state index >= 15 is 0 Å². The first-order valence-corrected chi connectivity index (χ1v) is 6.61. The van der Waals surface area contributed by atoms with Gasteiger partial charge in [0, 0.05) is 19.0 Å². The minimum Gasteiger partial charge on any atom is -0.481 e. The topological polar surface area (TPSA) is 96.3 Å². The van der Waals surface area contributed by atoms with Gasteiger partial charge in [0.05, 0.1) is 5.92 Å². The molecule has 0 unspecified atom stereocenters. The zero-order valence-electron chi connectivity index (χ0n) is 11.2. The minimum absolute atomic E-state index is 0.105. The van der Waals surface area contributed by atoms with Crippen LogP contribution in [0.5, 0.6) is 11.5 Å². The molecule has 1 aromatic carbocycles. The van der Waals surface area contributed by atoms with Crippen LogP contribution in [0.2, 0.25) is 0 Å². The molecule has 0 saturated carbocycles. The summed E-state index contributed by atoms with van der Waals surface area (Å²) in [5.41, 5.74) is 0.792. The van der Waals surface area contributed by atoms with E-state index in [1.165, 1.54) is 4.90 Å². The monoisotopic (exact) mass is 293 g/mol. The molecule has 0 aromatic heterocycles. The molecule has 1 fully saturated rings. The molecule has 112 valence electrons. The number of hydrogen-bond acceptors (Lipinski definition) is 5. The van der Waals surface area contributed by atoms with Crippen LogP contribution in [0.15, 0.2) is 18.2 Å². The number of carboxylic acids is 1. The average molecular weight is 293 g/mol. The van der Waals surface area contributed by atoms with Gasteiger partial charge in [0.25, 0.3) is 0 Å². The summed E-state index contributed by atoms with van der Waals surface area (Å²) in [4.78, 5) is 24.4. The predicted molar refractivity (Wildman–Crippen MR) is 70.1 cm³/mol. The summed E-state index contributed by atoms with van der Waals surface area (Å²) >= 11 is 0. The predicted octanol–water partition coefficient (Wildman–Crippen LogP) is 0.0342. The number of benzene rings is 1. The summed E-state index contributed by atoms with van der Waals surface area (Å²) in [6.45, 7) is -0.0784. The van der Waals surface area contributed by atoms with Crippen LogP contribution < -0.4 is 9.47 Å². The van der Waals surface area contributed by atoms with Gasteiger partial charge in [-0.2, -0.15) is 0 Å². The first kappa shape index (κ1) is 13.7. The Labute approximate surface area is 120 Å². The molecule has 2 heterocycles. The third-order valence-electron chi connectivity index (χ3n) is 3.95. The Kier molecular flexibility index (Phi) is 3.42. The second-order valence-corrected chi connectivity index (χ2v) is 5.12. The smallest absolute Gasteiger partial charge is 0.308 e. The molecule has 1 amide bonds. The lowest BCUT2D eigenvalue weighted by Gasteiger charge is -2.15. The summed E-state index contributed by atoms with van der Waals surface area (Å²) in [5, 5.41) is 18.3. The van der Waals surface area contributed by atoms with Crippen LogP contribution in [-0.4, -0.2) is 53.5 Å². The molecule has 0 spiro atoms. The van der Waals surface area contributed by atoms with E-state index in [1.807, 2.05) is 0 Å². The third-order valence-corrected chi connectivity index (χ3v) is 3.95. The molecule has 2 atom stereocenters. The molecule has 7 nitrogen and oxygen atoms in total. The van der Waals surface area contributed by atoms with Gasteiger partial charge in [-0.1, -0.05) is 6.07 Å². The van der Waals surface area contributed by atoms with Crippen LogP contribution in [-0.2, 0) is 9.59 Å². The summed E-state index contributed by atoms with van der Waals surface area (Å²) in [7, 11) is 0. The SMILES string of the molecule is O=C(O)[C@@H]1CN(C(=O)CO)C[C@H]1c1ccc2c(c1)OCO2. The molecule has 2 aliphatic heterocycles. The Morgan fingerprint density at radius 1 is 1.24 bits per heavy atom. The van der Waals surface area contributed by atoms with Crippen molar-refractivity contribution in [1.82, 2.24) is 4.90 Å². The van der Waals surface area contributed by atoms with Crippen molar-refractivity contribution >= 4 is 11.9 Å². The van der Waals surface area contributed by atoms with Crippen LogP contribution in [0.25, 0.3) is 0 Å². The first-order valence-electron chi connectivity index (χ1n) is 6.61. The first-order chi connectivity index (χ1) is 10.1. The zero-order chi connectivity index (χ0) is 15.0. The zero-order valence-corrected chi connectivity index (χ0v) is 11.2. The number of aliphatic carboxylic acids is 1. The Morgan fingerprint density at radius 3 is 2.71 bits per heavy atom. The molecule has 3 rings (SSSR count). The highest BCUT2D eigenvalue weighted by molar-refractivity contribution is 5.80. The van der Waals surface area contributed by atoms with Crippen LogP contribution in [0, 0.1) is 5.92 Å². The summed E-state index contributed by atoms with van der Waals surface area (Å²) in [5.74, 6) is -1.21. The van der Waals surface area contributed by atoms with Gasteiger partial charge in [-0.05, 0) is 17.7 Å². The van der Waals surface area contributed by atoms with Crippen molar-refractivity contribution in [3.8, 4) is 11.5 Å². The maximum Gasteiger partial charge on any atom is 0.308 e. The number of aliphatic hydroxyl groups excluding tert-OH is 1. The van der Waals surface area contributed by atoms with E-state index in [9.17, 15) is 14.7 Å². The Bertz CT molecular complexity index is 587. The van der Waals surface area contributed by atoms with Gasteiger partial charge in [0.1, 0.15) is 6.61 Å². The van der Waals surface area contributed by atoms with E-state index < -0.39 is 24.4 Å². The van der Waals surface area contributed by atoms with E-state index in [0.717, 1.165) is 5.56 Å². The van der Waals surface area contributed by atoms with Crippen molar-refractivity contribution in [2.75, 3.05) is 26.5 Å². The summed E-state index contributed by atoms with van der Waals surface area (Å²) in [6, 6.07) is 5.30. The van der Waals surface area contributed by atoms with Crippen molar-refractivity contribution in [3.63, 3.8) is 0 Å². The lowest BCUT2D eigenvalue weighted by molar-refractivity contribution is -0.142. The maximum absolute atomic E-state index is 11.6. The van der Waals surface area contributed by atoms with Gasteiger partial charge in [-0.25, -0.2) is 0 Å². The molecule has 2 N–H and O–H groups in total. The van der Waals surface area contributed by atoms with Gasteiger partial charge >= 0.3 is 5.97 Å². The lowest BCUT2D eigenvalue weighted by Crippen LogP contribution is -2.32. The van der Waals surface area contributed by atoms with Gasteiger partial charge in [0.15, 0.2) is 11.5 Å². The van der Waals surface area contributed by atoms with Crippen molar-refractivity contribution in [2.24, 2.45) is 5.92 Å². The number of carbonyl (C=O) groups is 2. The van der Waals surface area contributed by atoms with E-state index in [2.05, 4.69) is 0 Å². The number of rotatable bonds is 3.